The van der Waals surface area contributed by atoms with E-state index in [9.17, 15) is 9.59 Å². The number of carbonyl (C=O) groups is 2. The van der Waals surface area contributed by atoms with Gasteiger partial charge in [0.15, 0.2) is 5.69 Å². The first kappa shape index (κ1) is 13.9. The van der Waals surface area contributed by atoms with E-state index < -0.39 is 11.9 Å². The Labute approximate surface area is 117 Å². The van der Waals surface area contributed by atoms with Crippen LogP contribution in [0.1, 0.15) is 21.0 Å². The lowest BCUT2D eigenvalue weighted by Crippen LogP contribution is -2.28. The van der Waals surface area contributed by atoms with Gasteiger partial charge in [-0.1, -0.05) is 16.8 Å². The highest BCUT2D eigenvalue weighted by molar-refractivity contribution is 6.29. The Kier molecular flexibility index (Phi) is 4.20. The standard InChI is InChI=1S/C10H9ClN6O3/c11-8-4-12-3-6(14-8)9(18)13-1-2-17-5-7(10(19)20)15-16-17/h3-5H,1-2H2,(H,13,18)(H,19,20). The van der Waals surface area contributed by atoms with Gasteiger partial charge in [0.1, 0.15) is 10.8 Å². The van der Waals surface area contributed by atoms with Gasteiger partial charge < -0.3 is 10.4 Å². The third-order valence-corrected chi connectivity index (χ3v) is 2.40. The van der Waals surface area contributed by atoms with Crippen molar-refractivity contribution in [2.75, 3.05) is 6.54 Å². The lowest BCUT2D eigenvalue weighted by molar-refractivity contribution is 0.0690. The van der Waals surface area contributed by atoms with Crippen LogP contribution in [-0.4, -0.2) is 48.5 Å². The Morgan fingerprint density at radius 2 is 2.15 bits per heavy atom. The molecule has 2 heterocycles. The van der Waals surface area contributed by atoms with Crippen LogP contribution in [0.4, 0.5) is 0 Å². The second-order valence-electron chi connectivity index (χ2n) is 3.65. The number of nitrogens with zero attached hydrogens (tertiary/aromatic N) is 5. The van der Waals surface area contributed by atoms with Crippen LogP contribution in [0.2, 0.25) is 5.15 Å². The van der Waals surface area contributed by atoms with Crippen molar-refractivity contribution in [2.45, 2.75) is 6.54 Å². The maximum Gasteiger partial charge on any atom is 0.358 e. The number of amides is 1. The lowest BCUT2D eigenvalue weighted by atomic mass is 10.4. The molecule has 0 fully saturated rings. The first-order chi connectivity index (χ1) is 9.56. The van der Waals surface area contributed by atoms with Gasteiger partial charge in [0.2, 0.25) is 0 Å². The summed E-state index contributed by atoms with van der Waals surface area (Å²) in [5, 5.41) is 18.4. The maximum absolute atomic E-state index is 11.7. The van der Waals surface area contributed by atoms with E-state index in [1.54, 1.807) is 0 Å². The van der Waals surface area contributed by atoms with Crippen LogP contribution in [0.15, 0.2) is 18.6 Å². The minimum Gasteiger partial charge on any atom is -0.476 e. The number of hydrogen-bond donors (Lipinski definition) is 2. The van der Waals surface area contributed by atoms with Crippen molar-refractivity contribution in [1.82, 2.24) is 30.3 Å². The molecule has 2 rings (SSSR count). The molecule has 20 heavy (non-hydrogen) atoms. The van der Waals surface area contributed by atoms with Crippen molar-refractivity contribution in [3.63, 3.8) is 0 Å². The Morgan fingerprint density at radius 3 is 2.80 bits per heavy atom. The van der Waals surface area contributed by atoms with Gasteiger partial charge in [-0.3, -0.25) is 9.78 Å². The van der Waals surface area contributed by atoms with Gasteiger partial charge in [-0.25, -0.2) is 14.5 Å². The topological polar surface area (TPSA) is 123 Å². The first-order valence-electron chi connectivity index (χ1n) is 5.45. The average molecular weight is 297 g/mol. The van der Waals surface area contributed by atoms with Crippen LogP contribution in [0.25, 0.3) is 0 Å². The minimum atomic E-state index is -1.16. The van der Waals surface area contributed by atoms with Gasteiger partial charge in [-0.15, -0.1) is 5.10 Å². The number of halogens is 1. The summed E-state index contributed by atoms with van der Waals surface area (Å²) in [4.78, 5) is 29.8. The summed E-state index contributed by atoms with van der Waals surface area (Å²) in [6, 6.07) is 0. The third-order valence-electron chi connectivity index (χ3n) is 2.22. The molecule has 0 spiro atoms. The van der Waals surface area contributed by atoms with Crippen LogP contribution in [0.5, 0.6) is 0 Å². The molecule has 0 atom stereocenters. The second-order valence-corrected chi connectivity index (χ2v) is 4.04. The monoisotopic (exact) mass is 296 g/mol. The summed E-state index contributed by atoms with van der Waals surface area (Å²) in [5.41, 5.74) is -0.0562. The largest absolute Gasteiger partial charge is 0.476 e. The number of aromatic carboxylic acids is 1. The Balaban J connectivity index is 1.86. The number of hydrogen-bond acceptors (Lipinski definition) is 6. The van der Waals surface area contributed by atoms with Crippen LogP contribution in [-0.2, 0) is 6.54 Å². The number of aromatic nitrogens is 5. The van der Waals surface area contributed by atoms with E-state index in [1.807, 2.05) is 0 Å². The smallest absolute Gasteiger partial charge is 0.358 e. The van der Waals surface area contributed by atoms with Crippen molar-refractivity contribution < 1.29 is 14.7 Å². The van der Waals surface area contributed by atoms with Crippen LogP contribution in [0.3, 0.4) is 0 Å². The van der Waals surface area contributed by atoms with E-state index in [0.29, 0.717) is 0 Å². The molecule has 0 saturated heterocycles. The first-order valence-corrected chi connectivity index (χ1v) is 5.83. The highest BCUT2D eigenvalue weighted by atomic mass is 35.5. The molecule has 0 aromatic carbocycles. The third kappa shape index (κ3) is 3.48. The predicted octanol–water partition coefficient (Wildman–Crippen LogP) is -0.150. The normalized spacial score (nSPS) is 10.2. The molecule has 104 valence electrons. The molecule has 0 aliphatic carbocycles. The van der Waals surface area contributed by atoms with Gasteiger partial charge in [0.05, 0.1) is 25.1 Å². The zero-order chi connectivity index (χ0) is 14.5. The quantitative estimate of drug-likeness (QED) is 0.786. The van der Waals surface area contributed by atoms with E-state index in [4.69, 9.17) is 16.7 Å². The SMILES string of the molecule is O=C(O)c1cn(CCNC(=O)c2cncc(Cl)n2)nn1. The lowest BCUT2D eigenvalue weighted by Gasteiger charge is -2.04. The molecule has 0 radical (unpaired) electrons. The van der Waals surface area contributed by atoms with Gasteiger partial charge in [0, 0.05) is 6.54 Å². The Hall–Kier alpha value is -2.55. The molecule has 10 heteroatoms. The fourth-order valence-electron chi connectivity index (χ4n) is 1.33. The Bertz CT molecular complexity index is 643. The van der Waals surface area contributed by atoms with Crippen molar-refractivity contribution in [2.24, 2.45) is 0 Å². The number of carbonyl (C=O) groups excluding carboxylic acids is 1. The molecule has 1 amide bonds. The summed E-state index contributed by atoms with van der Waals surface area (Å²) in [6.07, 6.45) is 3.88. The van der Waals surface area contributed by atoms with Crippen LogP contribution < -0.4 is 5.32 Å². The molecule has 0 unspecified atom stereocenters. The fraction of sp³-hybridized carbons (Fsp3) is 0.200. The minimum absolute atomic E-state index is 0.0994. The predicted molar refractivity (Wildman–Crippen MR) is 66.4 cm³/mol. The van der Waals surface area contributed by atoms with Gasteiger partial charge >= 0.3 is 5.97 Å². The van der Waals surface area contributed by atoms with Gasteiger partial charge in [0.25, 0.3) is 5.91 Å². The van der Waals surface area contributed by atoms with E-state index in [1.165, 1.54) is 23.3 Å². The number of carboxylic acids is 1. The van der Waals surface area contributed by atoms with E-state index in [2.05, 4.69) is 25.6 Å². The zero-order valence-electron chi connectivity index (χ0n) is 10.0. The molecule has 9 nitrogen and oxygen atoms in total. The molecule has 2 aromatic heterocycles. The molecule has 0 bridgehead atoms. The summed E-state index contributed by atoms with van der Waals surface area (Å²) in [7, 11) is 0. The van der Waals surface area contributed by atoms with E-state index >= 15 is 0 Å². The molecule has 0 aliphatic rings. The molecular formula is C10H9ClN6O3. The summed E-state index contributed by atoms with van der Waals surface area (Å²) in [5.74, 6) is -1.59. The van der Waals surface area contributed by atoms with Crippen molar-refractivity contribution in [3.8, 4) is 0 Å². The van der Waals surface area contributed by atoms with Crippen molar-refractivity contribution in [3.05, 3.63) is 35.1 Å². The summed E-state index contributed by atoms with van der Waals surface area (Å²) < 4.78 is 1.31. The molecule has 2 N–H and O–H groups in total. The Morgan fingerprint density at radius 1 is 1.35 bits per heavy atom. The van der Waals surface area contributed by atoms with Crippen LogP contribution in [0, 0.1) is 0 Å². The molecule has 0 aliphatic heterocycles. The molecular weight excluding hydrogens is 288 g/mol. The zero-order valence-corrected chi connectivity index (χ0v) is 10.8. The fourth-order valence-corrected chi connectivity index (χ4v) is 1.48. The maximum atomic E-state index is 11.7. The summed E-state index contributed by atoms with van der Waals surface area (Å²) >= 11 is 5.62. The molecule has 0 saturated carbocycles. The van der Waals surface area contributed by atoms with E-state index in [0.717, 1.165) is 0 Å². The average Bonchev–Trinajstić information content (AvgIpc) is 2.87. The summed E-state index contributed by atoms with van der Waals surface area (Å²) in [6.45, 7) is 0.509. The van der Waals surface area contributed by atoms with Gasteiger partial charge in [-0.05, 0) is 0 Å². The number of rotatable bonds is 5. The highest BCUT2D eigenvalue weighted by Crippen LogP contribution is 2.02. The number of carboxylic acid groups (broad SMARTS) is 1. The van der Waals surface area contributed by atoms with E-state index in [-0.39, 0.29) is 29.6 Å². The molecule has 2 aromatic rings. The highest BCUT2D eigenvalue weighted by Gasteiger charge is 2.10. The van der Waals surface area contributed by atoms with Crippen LogP contribution >= 0.6 is 11.6 Å². The van der Waals surface area contributed by atoms with Crippen molar-refractivity contribution in [1.29, 1.82) is 0 Å². The van der Waals surface area contributed by atoms with Crippen molar-refractivity contribution >= 4 is 23.5 Å². The van der Waals surface area contributed by atoms with Gasteiger partial charge in [-0.2, -0.15) is 0 Å². The number of nitrogens with one attached hydrogen (secondary N) is 1. The second kappa shape index (κ2) is 6.06.